The van der Waals surface area contributed by atoms with E-state index in [-0.39, 0.29) is 0 Å². The van der Waals surface area contributed by atoms with Crippen LogP contribution in [0.5, 0.6) is 5.75 Å². The molecule has 3 rings (SSSR count). The fourth-order valence-corrected chi connectivity index (χ4v) is 3.70. The summed E-state index contributed by atoms with van der Waals surface area (Å²) in [5.74, 6) is 0.778. The highest BCUT2D eigenvalue weighted by atomic mass is 16.5. The normalized spacial score (nSPS) is 20.0. The second-order valence-corrected chi connectivity index (χ2v) is 7.06. The Balaban J connectivity index is 1.91. The van der Waals surface area contributed by atoms with Gasteiger partial charge in [0.2, 0.25) is 0 Å². The number of aromatic nitrogens is 2. The Labute approximate surface area is 153 Å². The van der Waals surface area contributed by atoms with Gasteiger partial charge in [-0.15, -0.1) is 0 Å². The van der Waals surface area contributed by atoms with E-state index in [1.54, 1.807) is 13.3 Å². The number of aliphatic carboxylic acids is 1. The quantitative estimate of drug-likeness (QED) is 0.888. The van der Waals surface area contributed by atoms with Crippen molar-refractivity contribution in [2.45, 2.75) is 33.1 Å². The minimum atomic E-state index is -0.845. The molecule has 0 amide bonds. The van der Waals surface area contributed by atoms with Gasteiger partial charge in [0.25, 0.3) is 0 Å². The van der Waals surface area contributed by atoms with Crippen LogP contribution in [0.1, 0.15) is 29.8 Å². The monoisotopic (exact) mass is 355 g/mol. The standard InChI is InChI=1S/C20H25N3O3/c1-14-12-21-15(2)18(22-14)23-9-5-8-20(13-23,19(24)25)11-16-6-4-7-17(10-16)26-3/h4,6-7,10,12H,5,8-9,11,13H2,1-3H3,(H,24,25). The van der Waals surface area contributed by atoms with Crippen molar-refractivity contribution in [1.29, 1.82) is 0 Å². The van der Waals surface area contributed by atoms with Crippen LogP contribution in [0, 0.1) is 19.3 Å². The molecule has 6 heteroatoms. The lowest BCUT2D eigenvalue weighted by Crippen LogP contribution is -2.49. The lowest BCUT2D eigenvalue weighted by atomic mass is 9.75. The molecule has 1 fully saturated rings. The molecule has 0 aliphatic carbocycles. The van der Waals surface area contributed by atoms with Gasteiger partial charge in [0.05, 0.1) is 23.9 Å². The molecule has 0 spiro atoms. The summed E-state index contributed by atoms with van der Waals surface area (Å²) in [6.45, 7) is 5.05. The Morgan fingerprint density at radius 1 is 1.38 bits per heavy atom. The molecule has 2 heterocycles. The molecule has 1 aliphatic rings. The van der Waals surface area contributed by atoms with Gasteiger partial charge >= 0.3 is 5.97 Å². The van der Waals surface area contributed by atoms with Crippen molar-refractivity contribution in [3.8, 4) is 5.75 Å². The van der Waals surface area contributed by atoms with Gasteiger partial charge in [0, 0.05) is 19.3 Å². The predicted molar refractivity (Wildman–Crippen MR) is 99.7 cm³/mol. The number of carbonyl (C=O) groups is 1. The zero-order valence-corrected chi connectivity index (χ0v) is 15.5. The molecule has 1 aliphatic heterocycles. The fraction of sp³-hybridized carbons (Fsp3) is 0.450. The summed E-state index contributed by atoms with van der Waals surface area (Å²) in [6.07, 6.45) is 3.66. The Hall–Kier alpha value is -2.63. The zero-order chi connectivity index (χ0) is 18.7. The number of piperidine rings is 1. The van der Waals surface area contributed by atoms with Crippen molar-refractivity contribution in [2.75, 3.05) is 25.1 Å². The first kappa shape index (κ1) is 18.2. The smallest absolute Gasteiger partial charge is 0.311 e. The Morgan fingerprint density at radius 3 is 2.92 bits per heavy atom. The highest BCUT2D eigenvalue weighted by Crippen LogP contribution is 2.36. The van der Waals surface area contributed by atoms with Crippen LogP contribution >= 0.6 is 0 Å². The molecule has 1 N–H and O–H groups in total. The molecule has 0 bridgehead atoms. The van der Waals surface area contributed by atoms with E-state index in [0.29, 0.717) is 19.4 Å². The van der Waals surface area contributed by atoms with E-state index in [4.69, 9.17) is 4.74 Å². The molecule has 26 heavy (non-hydrogen) atoms. The second-order valence-electron chi connectivity index (χ2n) is 7.06. The van der Waals surface area contributed by atoms with E-state index >= 15 is 0 Å². The van der Waals surface area contributed by atoms with Gasteiger partial charge < -0.3 is 14.7 Å². The number of carboxylic acids is 1. The number of aryl methyl sites for hydroxylation is 2. The molecule has 0 saturated carbocycles. The molecule has 2 aromatic rings. The maximum atomic E-state index is 12.3. The highest BCUT2D eigenvalue weighted by Gasteiger charge is 2.43. The predicted octanol–water partition coefficient (Wildman–Crippen LogP) is 3.02. The van der Waals surface area contributed by atoms with Gasteiger partial charge in [-0.05, 0) is 50.8 Å². The molecule has 6 nitrogen and oxygen atoms in total. The Morgan fingerprint density at radius 2 is 2.19 bits per heavy atom. The molecular weight excluding hydrogens is 330 g/mol. The molecule has 1 atom stereocenters. The molecule has 0 radical (unpaired) electrons. The first-order valence-electron chi connectivity index (χ1n) is 8.85. The van der Waals surface area contributed by atoms with Gasteiger partial charge in [-0.2, -0.15) is 0 Å². The van der Waals surface area contributed by atoms with Crippen molar-refractivity contribution in [1.82, 2.24) is 9.97 Å². The van der Waals surface area contributed by atoms with Crippen LogP contribution in [-0.2, 0) is 11.2 Å². The van der Waals surface area contributed by atoms with E-state index in [1.165, 1.54) is 0 Å². The number of nitrogens with zero attached hydrogens (tertiary/aromatic N) is 3. The summed E-state index contributed by atoms with van der Waals surface area (Å²) >= 11 is 0. The Bertz CT molecular complexity index is 809. The number of anilines is 1. The van der Waals surface area contributed by atoms with E-state index < -0.39 is 11.4 Å². The van der Waals surface area contributed by atoms with Crippen molar-refractivity contribution in [3.63, 3.8) is 0 Å². The minimum absolute atomic E-state index is 0.429. The summed E-state index contributed by atoms with van der Waals surface area (Å²) in [5.41, 5.74) is 1.80. The summed E-state index contributed by atoms with van der Waals surface area (Å²) < 4.78 is 5.28. The number of benzene rings is 1. The summed E-state index contributed by atoms with van der Waals surface area (Å²) in [6, 6.07) is 7.65. The Kier molecular flexibility index (Phi) is 5.11. The maximum Gasteiger partial charge on any atom is 0.311 e. The maximum absolute atomic E-state index is 12.3. The van der Waals surface area contributed by atoms with E-state index in [1.807, 2.05) is 38.1 Å². The number of ether oxygens (including phenoxy) is 1. The topological polar surface area (TPSA) is 75.6 Å². The van der Waals surface area contributed by atoms with Crippen molar-refractivity contribution < 1.29 is 14.6 Å². The number of rotatable bonds is 5. The first-order valence-corrected chi connectivity index (χ1v) is 8.85. The average Bonchev–Trinajstić information content (AvgIpc) is 2.64. The largest absolute Gasteiger partial charge is 0.497 e. The van der Waals surface area contributed by atoms with Crippen molar-refractivity contribution in [2.24, 2.45) is 5.41 Å². The van der Waals surface area contributed by atoms with Gasteiger partial charge in [0.15, 0.2) is 0 Å². The van der Waals surface area contributed by atoms with Crippen LogP contribution in [0.15, 0.2) is 30.5 Å². The lowest BCUT2D eigenvalue weighted by Gasteiger charge is -2.41. The van der Waals surface area contributed by atoms with Gasteiger partial charge in [0.1, 0.15) is 11.6 Å². The van der Waals surface area contributed by atoms with Crippen LogP contribution in [-0.4, -0.2) is 41.2 Å². The third-order valence-corrected chi connectivity index (χ3v) is 5.06. The highest BCUT2D eigenvalue weighted by molar-refractivity contribution is 5.76. The van der Waals surface area contributed by atoms with Gasteiger partial charge in [-0.3, -0.25) is 9.78 Å². The van der Waals surface area contributed by atoms with Crippen LogP contribution in [0.25, 0.3) is 0 Å². The minimum Gasteiger partial charge on any atom is -0.497 e. The van der Waals surface area contributed by atoms with Crippen molar-refractivity contribution >= 4 is 11.8 Å². The average molecular weight is 355 g/mol. The van der Waals surface area contributed by atoms with Crippen LogP contribution < -0.4 is 9.64 Å². The molecular formula is C20H25N3O3. The molecule has 1 unspecified atom stereocenters. The number of hydrogen-bond donors (Lipinski definition) is 1. The summed E-state index contributed by atoms with van der Waals surface area (Å²) in [4.78, 5) is 23.3. The molecule has 1 aromatic heterocycles. The summed E-state index contributed by atoms with van der Waals surface area (Å²) in [5, 5.41) is 10.1. The third kappa shape index (κ3) is 3.64. The second kappa shape index (κ2) is 7.32. The van der Waals surface area contributed by atoms with E-state index in [9.17, 15) is 9.90 Å². The van der Waals surface area contributed by atoms with E-state index in [0.717, 1.165) is 41.5 Å². The molecule has 1 saturated heterocycles. The van der Waals surface area contributed by atoms with Crippen LogP contribution in [0.3, 0.4) is 0 Å². The van der Waals surface area contributed by atoms with Crippen LogP contribution in [0.4, 0.5) is 5.82 Å². The molecule has 1 aromatic carbocycles. The van der Waals surface area contributed by atoms with Crippen molar-refractivity contribution in [3.05, 3.63) is 47.4 Å². The number of carboxylic acid groups (broad SMARTS) is 1. The summed E-state index contributed by atoms with van der Waals surface area (Å²) in [7, 11) is 1.62. The lowest BCUT2D eigenvalue weighted by molar-refractivity contribution is -0.149. The molecule has 138 valence electrons. The fourth-order valence-electron chi connectivity index (χ4n) is 3.70. The van der Waals surface area contributed by atoms with Gasteiger partial charge in [-0.1, -0.05) is 12.1 Å². The SMILES string of the molecule is COc1cccc(CC2(C(=O)O)CCCN(c3nc(C)cnc3C)C2)c1. The number of hydrogen-bond acceptors (Lipinski definition) is 5. The zero-order valence-electron chi connectivity index (χ0n) is 15.5. The third-order valence-electron chi connectivity index (χ3n) is 5.06. The van der Waals surface area contributed by atoms with Crippen LogP contribution in [0.2, 0.25) is 0 Å². The van der Waals surface area contributed by atoms with E-state index in [2.05, 4.69) is 14.9 Å². The number of methoxy groups -OCH3 is 1. The van der Waals surface area contributed by atoms with Gasteiger partial charge in [-0.25, -0.2) is 4.98 Å². The first-order chi connectivity index (χ1) is 12.4.